The summed E-state index contributed by atoms with van der Waals surface area (Å²) < 4.78 is 0. The van der Waals surface area contributed by atoms with Crippen LogP contribution in [0, 0.1) is 17.3 Å². The first-order chi connectivity index (χ1) is 6.88. The van der Waals surface area contributed by atoms with Crippen molar-refractivity contribution in [1.29, 1.82) is 0 Å². The zero-order valence-corrected chi connectivity index (χ0v) is 10.3. The van der Waals surface area contributed by atoms with Crippen molar-refractivity contribution in [3.63, 3.8) is 0 Å². The van der Waals surface area contributed by atoms with Crippen molar-refractivity contribution in [3.05, 3.63) is 24.3 Å². The monoisotopic (exact) mass is 206 g/mol. The second kappa shape index (κ2) is 4.34. The van der Waals surface area contributed by atoms with Crippen molar-refractivity contribution in [2.24, 2.45) is 17.3 Å². The van der Waals surface area contributed by atoms with Gasteiger partial charge in [-0.2, -0.15) is 0 Å². The van der Waals surface area contributed by atoms with E-state index in [4.69, 9.17) is 0 Å². The molecule has 1 nitrogen and oxygen atoms in total. The lowest BCUT2D eigenvalue weighted by atomic mass is 9.62. The smallest absolute Gasteiger partial charge is 0.162 e. The second-order valence-electron chi connectivity index (χ2n) is 5.50. The number of carbonyl (C=O) groups excluding carboxylic acids is 1. The first-order valence-corrected chi connectivity index (χ1v) is 5.72. The predicted octanol–water partition coefficient (Wildman–Crippen LogP) is 3.76. The molecule has 0 aliphatic heterocycles. The van der Waals surface area contributed by atoms with Gasteiger partial charge < -0.3 is 0 Å². The molecule has 0 saturated heterocycles. The maximum Gasteiger partial charge on any atom is 0.162 e. The maximum atomic E-state index is 12.0. The van der Waals surface area contributed by atoms with Crippen LogP contribution in [-0.4, -0.2) is 5.78 Å². The van der Waals surface area contributed by atoms with Crippen LogP contribution in [0.4, 0.5) is 0 Å². The van der Waals surface area contributed by atoms with Crippen molar-refractivity contribution in [2.75, 3.05) is 0 Å². The highest BCUT2D eigenvalue weighted by Crippen LogP contribution is 2.46. The Morgan fingerprint density at radius 2 is 2.13 bits per heavy atom. The van der Waals surface area contributed by atoms with Crippen molar-refractivity contribution < 1.29 is 4.79 Å². The summed E-state index contributed by atoms with van der Waals surface area (Å²) in [5.74, 6) is 0.895. The van der Waals surface area contributed by atoms with E-state index in [2.05, 4.69) is 27.4 Å². The van der Waals surface area contributed by atoms with Crippen molar-refractivity contribution in [3.8, 4) is 0 Å². The Bertz CT molecular complexity index is 296. The molecule has 1 aliphatic carbocycles. The molecule has 0 spiro atoms. The Kier molecular flexibility index (Phi) is 3.54. The molecule has 2 atom stereocenters. The Labute approximate surface area is 93.3 Å². The van der Waals surface area contributed by atoms with E-state index in [0.29, 0.717) is 5.92 Å². The molecule has 1 aliphatic rings. The highest BCUT2D eigenvalue weighted by Gasteiger charge is 2.40. The minimum absolute atomic E-state index is 0.0184. The van der Waals surface area contributed by atoms with E-state index in [0.717, 1.165) is 18.4 Å². The average molecular weight is 206 g/mol. The highest BCUT2D eigenvalue weighted by molar-refractivity contribution is 5.94. The first kappa shape index (κ1) is 12.2. The predicted molar refractivity (Wildman–Crippen MR) is 64.6 cm³/mol. The molecular weight excluding hydrogens is 184 g/mol. The van der Waals surface area contributed by atoms with Crippen LogP contribution in [-0.2, 0) is 4.79 Å². The van der Waals surface area contributed by atoms with Crippen LogP contribution < -0.4 is 0 Å². The van der Waals surface area contributed by atoms with E-state index in [-0.39, 0.29) is 17.1 Å². The number of ketones is 1. The number of allylic oxidation sites excluding steroid dienone is 3. The Morgan fingerprint density at radius 1 is 1.53 bits per heavy atom. The van der Waals surface area contributed by atoms with Crippen LogP contribution in [0.5, 0.6) is 0 Å². The minimum Gasteiger partial charge on any atom is -0.294 e. The largest absolute Gasteiger partial charge is 0.294 e. The van der Waals surface area contributed by atoms with Gasteiger partial charge >= 0.3 is 0 Å². The standard InChI is InChI=1S/C14H22O/c1-6-7-12(15)13-11(3)8-10(2)9-14(13,4)5/h6-7,10,13H,3,8-9H2,1-2,4-5H3/t10-,13+/m0/s1. The summed E-state index contributed by atoms with van der Waals surface area (Å²) in [6.45, 7) is 12.6. The lowest BCUT2D eigenvalue weighted by Crippen LogP contribution is -2.37. The zero-order valence-electron chi connectivity index (χ0n) is 10.3. The molecule has 0 aromatic rings. The first-order valence-electron chi connectivity index (χ1n) is 5.72. The van der Waals surface area contributed by atoms with Gasteiger partial charge in [0, 0.05) is 5.92 Å². The van der Waals surface area contributed by atoms with Gasteiger partial charge in [-0.1, -0.05) is 39.0 Å². The van der Waals surface area contributed by atoms with E-state index in [9.17, 15) is 4.79 Å². The molecule has 1 rings (SSSR count). The highest BCUT2D eigenvalue weighted by atomic mass is 16.1. The lowest BCUT2D eigenvalue weighted by molar-refractivity contribution is -0.121. The number of hydrogen-bond donors (Lipinski definition) is 0. The zero-order chi connectivity index (χ0) is 11.6. The lowest BCUT2D eigenvalue weighted by Gasteiger charge is -2.41. The van der Waals surface area contributed by atoms with Crippen LogP contribution >= 0.6 is 0 Å². The number of carbonyl (C=O) groups is 1. The van der Waals surface area contributed by atoms with Crippen molar-refractivity contribution in [2.45, 2.75) is 40.5 Å². The molecule has 84 valence electrons. The quantitative estimate of drug-likeness (QED) is 0.496. The molecule has 15 heavy (non-hydrogen) atoms. The molecule has 0 aromatic heterocycles. The van der Waals surface area contributed by atoms with E-state index < -0.39 is 0 Å². The molecule has 0 radical (unpaired) electrons. The van der Waals surface area contributed by atoms with Crippen molar-refractivity contribution >= 4 is 5.78 Å². The SMILES string of the molecule is C=C1C[C@H](C)CC(C)(C)[C@H]1C(=O)C=CC. The molecule has 1 fully saturated rings. The molecule has 0 bridgehead atoms. The van der Waals surface area contributed by atoms with E-state index in [1.807, 2.05) is 13.0 Å². The molecule has 1 saturated carbocycles. The second-order valence-corrected chi connectivity index (χ2v) is 5.50. The van der Waals surface area contributed by atoms with Crippen LogP contribution in [0.25, 0.3) is 0 Å². The minimum atomic E-state index is 0.0184. The summed E-state index contributed by atoms with van der Waals surface area (Å²) in [5, 5.41) is 0. The van der Waals surface area contributed by atoms with Gasteiger partial charge in [-0.25, -0.2) is 0 Å². The van der Waals surface area contributed by atoms with Crippen LogP contribution in [0.3, 0.4) is 0 Å². The van der Waals surface area contributed by atoms with Crippen LogP contribution in [0.15, 0.2) is 24.3 Å². The third-order valence-corrected chi connectivity index (χ3v) is 3.29. The molecule has 0 N–H and O–H groups in total. The van der Waals surface area contributed by atoms with Gasteiger partial charge in [0.2, 0.25) is 0 Å². The average Bonchev–Trinajstić information content (AvgIpc) is 1.99. The fourth-order valence-corrected chi connectivity index (χ4v) is 3.05. The van der Waals surface area contributed by atoms with Gasteiger partial charge in [-0.3, -0.25) is 4.79 Å². The Balaban J connectivity index is 2.94. The van der Waals surface area contributed by atoms with Crippen LogP contribution in [0.1, 0.15) is 40.5 Å². The summed E-state index contributed by atoms with van der Waals surface area (Å²) in [6.07, 6.45) is 5.62. The molecule has 0 amide bonds. The van der Waals surface area contributed by atoms with Crippen molar-refractivity contribution in [1.82, 2.24) is 0 Å². The van der Waals surface area contributed by atoms with Gasteiger partial charge in [0.05, 0.1) is 0 Å². The molecule has 0 aromatic carbocycles. The molecule has 0 unspecified atom stereocenters. The molecule has 1 heteroatoms. The number of hydrogen-bond acceptors (Lipinski definition) is 1. The van der Waals surface area contributed by atoms with Gasteiger partial charge in [-0.05, 0) is 37.2 Å². The summed E-state index contributed by atoms with van der Waals surface area (Å²) in [7, 11) is 0. The third-order valence-electron chi connectivity index (χ3n) is 3.29. The maximum absolute atomic E-state index is 12.0. The fraction of sp³-hybridized carbons (Fsp3) is 0.643. The Morgan fingerprint density at radius 3 is 2.60 bits per heavy atom. The molecular formula is C14H22O. The normalized spacial score (nSPS) is 30.8. The van der Waals surface area contributed by atoms with Crippen LogP contribution in [0.2, 0.25) is 0 Å². The van der Waals surface area contributed by atoms with Gasteiger partial charge in [0.1, 0.15) is 0 Å². The topological polar surface area (TPSA) is 17.1 Å². The Hall–Kier alpha value is -0.850. The summed E-state index contributed by atoms with van der Waals surface area (Å²) in [4.78, 5) is 12.0. The summed E-state index contributed by atoms with van der Waals surface area (Å²) >= 11 is 0. The van der Waals surface area contributed by atoms with E-state index in [1.165, 1.54) is 0 Å². The summed E-state index contributed by atoms with van der Waals surface area (Å²) in [5.41, 5.74) is 1.17. The third kappa shape index (κ3) is 2.58. The summed E-state index contributed by atoms with van der Waals surface area (Å²) in [6, 6.07) is 0. The van der Waals surface area contributed by atoms with Gasteiger partial charge in [0.25, 0.3) is 0 Å². The van der Waals surface area contributed by atoms with Gasteiger partial charge in [0.15, 0.2) is 5.78 Å². The fourth-order valence-electron chi connectivity index (χ4n) is 3.05. The number of rotatable bonds is 2. The van der Waals surface area contributed by atoms with Gasteiger partial charge in [-0.15, -0.1) is 0 Å². The molecule has 0 heterocycles. The van der Waals surface area contributed by atoms with E-state index >= 15 is 0 Å². The van der Waals surface area contributed by atoms with E-state index in [1.54, 1.807) is 6.08 Å².